The van der Waals surface area contributed by atoms with Crippen molar-refractivity contribution in [2.24, 2.45) is 5.92 Å². The van der Waals surface area contributed by atoms with Crippen LogP contribution in [0.1, 0.15) is 45.6 Å². The lowest BCUT2D eigenvalue weighted by Gasteiger charge is -2.19. The molecule has 2 amide bonds. The maximum Gasteiger partial charge on any atom is 0.225 e. The van der Waals surface area contributed by atoms with Gasteiger partial charge in [0.05, 0.1) is 12.5 Å². The molecule has 3 rings (SSSR count). The van der Waals surface area contributed by atoms with E-state index < -0.39 is 0 Å². The second-order valence-corrected chi connectivity index (χ2v) is 8.09. The second-order valence-electron chi connectivity index (χ2n) is 8.09. The predicted octanol–water partition coefficient (Wildman–Crippen LogP) is 2.49. The van der Waals surface area contributed by atoms with E-state index in [0.29, 0.717) is 32.2 Å². The molecule has 2 fully saturated rings. The molecule has 2 aliphatic rings. The van der Waals surface area contributed by atoms with Crippen molar-refractivity contribution < 1.29 is 14.3 Å². The van der Waals surface area contributed by atoms with Gasteiger partial charge in [0.25, 0.3) is 0 Å². The number of rotatable bonds is 6. The molecule has 1 aliphatic carbocycles. The van der Waals surface area contributed by atoms with Gasteiger partial charge in [-0.1, -0.05) is 32.9 Å². The maximum absolute atomic E-state index is 12.2. The fourth-order valence-electron chi connectivity index (χ4n) is 3.18. The zero-order chi connectivity index (χ0) is 18.0. The van der Waals surface area contributed by atoms with Crippen LogP contribution in [0.4, 0.5) is 0 Å². The highest BCUT2D eigenvalue weighted by molar-refractivity contribution is 5.89. The molecule has 25 heavy (non-hydrogen) atoms. The van der Waals surface area contributed by atoms with E-state index in [9.17, 15) is 9.59 Å². The lowest BCUT2D eigenvalue weighted by molar-refractivity contribution is -0.129. The molecule has 1 heterocycles. The van der Waals surface area contributed by atoms with E-state index in [2.05, 4.69) is 38.2 Å². The molecule has 0 spiro atoms. The van der Waals surface area contributed by atoms with Crippen LogP contribution in [0.5, 0.6) is 5.75 Å². The molecule has 1 aromatic rings. The molecule has 1 unspecified atom stereocenters. The van der Waals surface area contributed by atoms with Gasteiger partial charge in [-0.25, -0.2) is 0 Å². The molecule has 1 aliphatic heterocycles. The van der Waals surface area contributed by atoms with Gasteiger partial charge in [0.1, 0.15) is 12.4 Å². The lowest BCUT2D eigenvalue weighted by Crippen LogP contribution is -2.35. The zero-order valence-corrected chi connectivity index (χ0v) is 15.4. The predicted molar refractivity (Wildman–Crippen MR) is 96.5 cm³/mol. The lowest BCUT2D eigenvalue weighted by atomic mass is 9.87. The third kappa shape index (κ3) is 4.53. The first-order valence-electron chi connectivity index (χ1n) is 9.15. The summed E-state index contributed by atoms with van der Waals surface area (Å²) in [6, 6.07) is 8.47. The number of nitrogens with zero attached hydrogens (tertiary/aromatic N) is 1. The number of carbonyl (C=O) groups excluding carboxylic acids is 2. The average Bonchev–Trinajstić information content (AvgIpc) is 3.33. The van der Waals surface area contributed by atoms with Gasteiger partial charge in [-0.15, -0.1) is 0 Å². The minimum atomic E-state index is -0.209. The van der Waals surface area contributed by atoms with E-state index in [1.54, 1.807) is 0 Å². The van der Waals surface area contributed by atoms with Gasteiger partial charge in [-0.3, -0.25) is 9.59 Å². The van der Waals surface area contributed by atoms with Crippen LogP contribution in [0.2, 0.25) is 0 Å². The van der Waals surface area contributed by atoms with Crippen LogP contribution < -0.4 is 10.1 Å². The first-order chi connectivity index (χ1) is 11.8. The monoisotopic (exact) mass is 344 g/mol. The third-order valence-corrected chi connectivity index (χ3v) is 4.91. The molecule has 1 N–H and O–H groups in total. The summed E-state index contributed by atoms with van der Waals surface area (Å²) in [7, 11) is 0. The van der Waals surface area contributed by atoms with Gasteiger partial charge >= 0.3 is 0 Å². The third-order valence-electron chi connectivity index (χ3n) is 4.91. The fourth-order valence-corrected chi connectivity index (χ4v) is 3.18. The van der Waals surface area contributed by atoms with Gasteiger partial charge in [0.2, 0.25) is 11.8 Å². The number of carbonyl (C=O) groups is 2. The number of nitrogens with one attached hydrogen (secondary N) is 1. The van der Waals surface area contributed by atoms with Crippen LogP contribution >= 0.6 is 0 Å². The molecule has 1 atom stereocenters. The van der Waals surface area contributed by atoms with Crippen LogP contribution in [0.25, 0.3) is 0 Å². The summed E-state index contributed by atoms with van der Waals surface area (Å²) in [5.41, 5.74) is 1.39. The minimum absolute atomic E-state index is 0.0387. The van der Waals surface area contributed by atoms with Crippen molar-refractivity contribution in [3.05, 3.63) is 29.8 Å². The molecule has 5 heteroatoms. The maximum atomic E-state index is 12.2. The van der Waals surface area contributed by atoms with E-state index in [4.69, 9.17) is 4.74 Å². The number of benzene rings is 1. The summed E-state index contributed by atoms with van der Waals surface area (Å²) >= 11 is 0. The number of hydrogen-bond acceptors (Lipinski definition) is 3. The molecule has 0 radical (unpaired) electrons. The molecular formula is C20H28N2O3. The molecular weight excluding hydrogens is 316 g/mol. The summed E-state index contributed by atoms with van der Waals surface area (Å²) in [4.78, 5) is 26.0. The standard InChI is InChI=1S/C20H28N2O3/c1-20(2,3)15-4-8-17(9-5-15)25-11-10-21-19(24)14-12-18(23)22(13-14)16-6-7-16/h4-5,8-9,14,16H,6-7,10-13H2,1-3H3,(H,21,24). The zero-order valence-electron chi connectivity index (χ0n) is 15.4. The summed E-state index contributed by atoms with van der Waals surface area (Å²) in [5, 5.41) is 2.89. The Kier molecular flexibility index (Phi) is 5.02. The molecule has 136 valence electrons. The highest BCUT2D eigenvalue weighted by Gasteiger charge is 2.41. The highest BCUT2D eigenvalue weighted by Crippen LogP contribution is 2.32. The molecule has 1 saturated carbocycles. The summed E-state index contributed by atoms with van der Waals surface area (Å²) < 4.78 is 5.69. The van der Waals surface area contributed by atoms with E-state index in [1.165, 1.54) is 5.56 Å². The Morgan fingerprint density at radius 3 is 2.52 bits per heavy atom. The van der Waals surface area contributed by atoms with Crippen molar-refractivity contribution in [2.75, 3.05) is 19.7 Å². The Hall–Kier alpha value is -2.04. The first-order valence-corrected chi connectivity index (χ1v) is 9.15. The largest absolute Gasteiger partial charge is 0.492 e. The smallest absolute Gasteiger partial charge is 0.225 e. The SMILES string of the molecule is CC(C)(C)c1ccc(OCCNC(=O)C2CC(=O)N(C3CC3)C2)cc1. The van der Waals surface area contributed by atoms with Crippen molar-refractivity contribution in [1.29, 1.82) is 0 Å². The van der Waals surface area contributed by atoms with Gasteiger partial charge in [0, 0.05) is 19.0 Å². The Labute approximate surface area is 149 Å². The van der Waals surface area contributed by atoms with Crippen molar-refractivity contribution in [3.63, 3.8) is 0 Å². The van der Waals surface area contributed by atoms with Gasteiger partial charge in [-0.2, -0.15) is 0 Å². The van der Waals surface area contributed by atoms with E-state index in [0.717, 1.165) is 18.6 Å². The number of ether oxygens (including phenoxy) is 1. The Bertz CT molecular complexity index is 629. The molecule has 1 aromatic carbocycles. The molecule has 1 saturated heterocycles. The van der Waals surface area contributed by atoms with Crippen LogP contribution in [-0.2, 0) is 15.0 Å². The Morgan fingerprint density at radius 2 is 1.92 bits per heavy atom. The van der Waals surface area contributed by atoms with Crippen LogP contribution in [0.15, 0.2) is 24.3 Å². The van der Waals surface area contributed by atoms with Gasteiger partial charge in [-0.05, 0) is 36.0 Å². The molecule has 5 nitrogen and oxygen atoms in total. The number of likely N-dealkylation sites (tertiary alicyclic amines) is 1. The number of amides is 2. The van der Waals surface area contributed by atoms with Crippen molar-refractivity contribution in [1.82, 2.24) is 10.2 Å². The topological polar surface area (TPSA) is 58.6 Å². The Balaban J connectivity index is 1.38. The highest BCUT2D eigenvalue weighted by atomic mass is 16.5. The van der Waals surface area contributed by atoms with Gasteiger partial charge < -0.3 is 15.0 Å². The van der Waals surface area contributed by atoms with Crippen LogP contribution in [0.3, 0.4) is 0 Å². The normalized spacial score (nSPS) is 20.7. The Morgan fingerprint density at radius 1 is 1.24 bits per heavy atom. The van der Waals surface area contributed by atoms with Crippen molar-refractivity contribution >= 4 is 11.8 Å². The summed E-state index contributed by atoms with van der Waals surface area (Å²) in [5.74, 6) is 0.679. The fraction of sp³-hybridized carbons (Fsp3) is 0.600. The summed E-state index contributed by atoms with van der Waals surface area (Å²) in [6.07, 6.45) is 2.52. The van der Waals surface area contributed by atoms with Gasteiger partial charge in [0.15, 0.2) is 0 Å². The average molecular weight is 344 g/mol. The van der Waals surface area contributed by atoms with Crippen LogP contribution in [0, 0.1) is 5.92 Å². The van der Waals surface area contributed by atoms with Crippen LogP contribution in [-0.4, -0.2) is 42.5 Å². The second kappa shape index (κ2) is 7.06. The van der Waals surface area contributed by atoms with E-state index in [-0.39, 0.29) is 23.1 Å². The first kappa shape index (κ1) is 17.8. The molecule has 0 aromatic heterocycles. The van der Waals surface area contributed by atoms with E-state index >= 15 is 0 Å². The van der Waals surface area contributed by atoms with Crippen molar-refractivity contribution in [3.8, 4) is 5.75 Å². The number of hydrogen-bond donors (Lipinski definition) is 1. The minimum Gasteiger partial charge on any atom is -0.492 e. The summed E-state index contributed by atoms with van der Waals surface area (Å²) in [6.45, 7) is 7.98. The quantitative estimate of drug-likeness (QED) is 0.807. The van der Waals surface area contributed by atoms with E-state index in [1.807, 2.05) is 17.0 Å². The molecule has 0 bridgehead atoms. The van der Waals surface area contributed by atoms with Crippen molar-refractivity contribution in [2.45, 2.75) is 51.5 Å².